The SMILES string of the molecule is Cc1ccc(CN(C)C(=O)CN2C(=O)N[C@](C)(c3ccc(C(C)C)cc3)C2=O)o1. The lowest BCUT2D eigenvalue weighted by Gasteiger charge is -2.23. The van der Waals surface area contributed by atoms with Crippen molar-refractivity contribution in [1.29, 1.82) is 0 Å². The molecule has 1 aliphatic rings. The van der Waals surface area contributed by atoms with Crippen molar-refractivity contribution < 1.29 is 18.8 Å². The summed E-state index contributed by atoms with van der Waals surface area (Å²) >= 11 is 0. The van der Waals surface area contributed by atoms with Crippen molar-refractivity contribution in [1.82, 2.24) is 15.1 Å². The van der Waals surface area contributed by atoms with Gasteiger partial charge in [-0.2, -0.15) is 0 Å². The van der Waals surface area contributed by atoms with E-state index >= 15 is 0 Å². The Labute approximate surface area is 170 Å². The monoisotopic (exact) mass is 397 g/mol. The summed E-state index contributed by atoms with van der Waals surface area (Å²) in [6, 6.07) is 10.7. The maximum absolute atomic E-state index is 13.0. The number of furan rings is 1. The van der Waals surface area contributed by atoms with Gasteiger partial charge in [-0.05, 0) is 43.0 Å². The van der Waals surface area contributed by atoms with Gasteiger partial charge in [-0.3, -0.25) is 14.5 Å². The highest BCUT2D eigenvalue weighted by molar-refractivity contribution is 6.09. The zero-order chi connectivity index (χ0) is 21.3. The van der Waals surface area contributed by atoms with Crippen LogP contribution in [0.2, 0.25) is 0 Å². The van der Waals surface area contributed by atoms with Crippen molar-refractivity contribution in [3.63, 3.8) is 0 Å². The van der Waals surface area contributed by atoms with Gasteiger partial charge in [-0.25, -0.2) is 4.79 Å². The van der Waals surface area contributed by atoms with E-state index in [0.717, 1.165) is 16.2 Å². The van der Waals surface area contributed by atoms with Crippen LogP contribution in [0.3, 0.4) is 0 Å². The molecule has 154 valence electrons. The summed E-state index contributed by atoms with van der Waals surface area (Å²) in [4.78, 5) is 40.5. The van der Waals surface area contributed by atoms with Crippen molar-refractivity contribution in [2.45, 2.75) is 45.7 Å². The van der Waals surface area contributed by atoms with Crippen LogP contribution in [0.1, 0.15) is 49.3 Å². The van der Waals surface area contributed by atoms with E-state index in [1.807, 2.05) is 37.3 Å². The van der Waals surface area contributed by atoms with Gasteiger partial charge in [-0.15, -0.1) is 0 Å². The van der Waals surface area contributed by atoms with Crippen LogP contribution in [0.25, 0.3) is 0 Å². The van der Waals surface area contributed by atoms with Gasteiger partial charge in [0.05, 0.1) is 6.54 Å². The Bertz CT molecular complexity index is 932. The number of imide groups is 1. The van der Waals surface area contributed by atoms with Crippen LogP contribution in [0.15, 0.2) is 40.8 Å². The predicted molar refractivity (Wildman–Crippen MR) is 108 cm³/mol. The molecule has 1 N–H and O–H groups in total. The molecule has 7 heteroatoms. The molecule has 4 amide bonds. The Morgan fingerprint density at radius 1 is 1.17 bits per heavy atom. The molecule has 0 spiro atoms. The zero-order valence-corrected chi connectivity index (χ0v) is 17.5. The molecule has 3 rings (SSSR count). The molecule has 0 aliphatic carbocycles. The number of likely N-dealkylation sites (N-methyl/N-ethyl adjacent to an activating group) is 1. The molecule has 0 radical (unpaired) electrons. The van der Waals surface area contributed by atoms with Crippen molar-refractivity contribution in [3.8, 4) is 0 Å². The van der Waals surface area contributed by atoms with E-state index in [1.54, 1.807) is 20.0 Å². The summed E-state index contributed by atoms with van der Waals surface area (Å²) in [7, 11) is 1.61. The summed E-state index contributed by atoms with van der Waals surface area (Å²) < 4.78 is 5.48. The van der Waals surface area contributed by atoms with Crippen LogP contribution in [0.4, 0.5) is 4.79 Å². The zero-order valence-electron chi connectivity index (χ0n) is 17.5. The van der Waals surface area contributed by atoms with E-state index in [1.165, 1.54) is 4.90 Å². The van der Waals surface area contributed by atoms with E-state index in [4.69, 9.17) is 4.42 Å². The molecule has 0 bridgehead atoms. The fourth-order valence-electron chi connectivity index (χ4n) is 3.39. The van der Waals surface area contributed by atoms with Gasteiger partial charge in [0.15, 0.2) is 0 Å². The standard InChI is InChI=1S/C22H27N3O4/c1-14(2)16-7-9-17(10-8-16)22(4)20(27)25(21(28)23-22)13-19(26)24(5)12-18-11-6-15(3)29-18/h6-11,14H,12-13H2,1-5H3,(H,23,28)/t22-/m1/s1. The van der Waals surface area contributed by atoms with Crippen molar-refractivity contribution >= 4 is 17.8 Å². The van der Waals surface area contributed by atoms with Crippen LogP contribution in [0, 0.1) is 6.92 Å². The number of nitrogens with one attached hydrogen (secondary N) is 1. The molecule has 0 saturated carbocycles. The summed E-state index contributed by atoms with van der Waals surface area (Å²) in [5.41, 5.74) is 0.648. The molecule has 29 heavy (non-hydrogen) atoms. The van der Waals surface area contributed by atoms with Gasteiger partial charge < -0.3 is 14.6 Å². The second kappa shape index (κ2) is 7.73. The van der Waals surface area contributed by atoms with Crippen molar-refractivity contribution in [3.05, 3.63) is 59.0 Å². The van der Waals surface area contributed by atoms with Gasteiger partial charge >= 0.3 is 6.03 Å². The third-order valence-corrected chi connectivity index (χ3v) is 5.34. The number of nitrogens with zero attached hydrogens (tertiary/aromatic N) is 2. The predicted octanol–water partition coefficient (Wildman–Crippen LogP) is 3.14. The molecule has 0 unspecified atom stereocenters. The lowest BCUT2D eigenvalue weighted by atomic mass is 9.90. The first-order valence-electron chi connectivity index (χ1n) is 9.65. The third kappa shape index (κ3) is 4.04. The maximum atomic E-state index is 13.0. The Hall–Kier alpha value is -3.09. The van der Waals surface area contributed by atoms with Crippen LogP contribution < -0.4 is 5.32 Å². The molecule has 2 heterocycles. The summed E-state index contributed by atoms with van der Waals surface area (Å²) in [6.45, 7) is 7.62. The molecule has 1 saturated heterocycles. The number of urea groups is 1. The van der Waals surface area contributed by atoms with Crippen LogP contribution in [0.5, 0.6) is 0 Å². The van der Waals surface area contributed by atoms with E-state index in [9.17, 15) is 14.4 Å². The van der Waals surface area contributed by atoms with Crippen LogP contribution in [-0.2, 0) is 21.7 Å². The number of hydrogen-bond donors (Lipinski definition) is 1. The summed E-state index contributed by atoms with van der Waals surface area (Å²) in [6.07, 6.45) is 0. The average Bonchev–Trinajstić information content (AvgIpc) is 3.18. The molecule has 2 aromatic rings. The summed E-state index contributed by atoms with van der Waals surface area (Å²) in [5.74, 6) is 0.991. The third-order valence-electron chi connectivity index (χ3n) is 5.34. The normalized spacial score (nSPS) is 19.0. The second-order valence-corrected chi connectivity index (χ2v) is 7.99. The van der Waals surface area contributed by atoms with Gasteiger partial charge in [-0.1, -0.05) is 38.1 Å². The highest BCUT2D eigenvalue weighted by Gasteiger charge is 2.49. The Kier molecular flexibility index (Phi) is 5.50. The van der Waals surface area contributed by atoms with E-state index in [-0.39, 0.29) is 19.0 Å². The molecule has 1 atom stereocenters. The van der Waals surface area contributed by atoms with Gasteiger partial charge in [0, 0.05) is 7.05 Å². The van der Waals surface area contributed by atoms with Gasteiger partial charge in [0.25, 0.3) is 5.91 Å². The molecular formula is C22H27N3O4. The number of hydrogen-bond acceptors (Lipinski definition) is 4. The quantitative estimate of drug-likeness (QED) is 0.759. The largest absolute Gasteiger partial charge is 0.464 e. The minimum absolute atomic E-state index is 0.268. The molecule has 1 aliphatic heterocycles. The van der Waals surface area contributed by atoms with E-state index in [0.29, 0.717) is 17.2 Å². The summed E-state index contributed by atoms with van der Waals surface area (Å²) in [5, 5.41) is 2.74. The second-order valence-electron chi connectivity index (χ2n) is 7.99. The lowest BCUT2D eigenvalue weighted by molar-refractivity contribution is -0.138. The Morgan fingerprint density at radius 2 is 1.83 bits per heavy atom. The lowest BCUT2D eigenvalue weighted by Crippen LogP contribution is -2.43. The number of benzene rings is 1. The first-order valence-corrected chi connectivity index (χ1v) is 9.65. The van der Waals surface area contributed by atoms with Crippen LogP contribution >= 0.6 is 0 Å². The Balaban J connectivity index is 1.71. The highest BCUT2D eigenvalue weighted by atomic mass is 16.3. The molecule has 1 fully saturated rings. The van der Waals surface area contributed by atoms with Crippen molar-refractivity contribution in [2.75, 3.05) is 13.6 Å². The maximum Gasteiger partial charge on any atom is 0.325 e. The number of aryl methyl sites for hydroxylation is 1. The number of carbonyl (C=O) groups is 3. The number of rotatable bonds is 6. The molecule has 1 aromatic carbocycles. The van der Waals surface area contributed by atoms with Crippen LogP contribution in [-0.4, -0.2) is 41.2 Å². The average molecular weight is 397 g/mol. The number of carbonyl (C=O) groups excluding carboxylic acids is 3. The molecule has 7 nitrogen and oxygen atoms in total. The first kappa shape index (κ1) is 20.6. The first-order chi connectivity index (χ1) is 13.6. The smallest absolute Gasteiger partial charge is 0.325 e. The Morgan fingerprint density at radius 3 is 2.38 bits per heavy atom. The number of amides is 4. The molecule has 1 aromatic heterocycles. The van der Waals surface area contributed by atoms with Gasteiger partial charge in [0.1, 0.15) is 23.6 Å². The van der Waals surface area contributed by atoms with Gasteiger partial charge in [0.2, 0.25) is 5.91 Å². The molecular weight excluding hydrogens is 370 g/mol. The fourth-order valence-corrected chi connectivity index (χ4v) is 3.39. The van der Waals surface area contributed by atoms with E-state index < -0.39 is 17.5 Å². The highest BCUT2D eigenvalue weighted by Crippen LogP contribution is 2.30. The minimum Gasteiger partial charge on any atom is -0.464 e. The minimum atomic E-state index is -1.19. The topological polar surface area (TPSA) is 82.9 Å². The fraction of sp³-hybridized carbons (Fsp3) is 0.409. The van der Waals surface area contributed by atoms with E-state index in [2.05, 4.69) is 19.2 Å². The van der Waals surface area contributed by atoms with Crippen molar-refractivity contribution in [2.24, 2.45) is 0 Å².